The number of anilines is 2. The maximum absolute atomic E-state index is 13.0. The van der Waals surface area contributed by atoms with E-state index in [0.717, 1.165) is 18.5 Å². The Balaban J connectivity index is 1.85. The van der Waals surface area contributed by atoms with Gasteiger partial charge in [0.1, 0.15) is 5.82 Å². The van der Waals surface area contributed by atoms with Crippen LogP contribution >= 0.6 is 0 Å². The minimum Gasteiger partial charge on any atom is -0.326 e. The van der Waals surface area contributed by atoms with E-state index in [1.54, 1.807) is 17.0 Å². The van der Waals surface area contributed by atoms with Gasteiger partial charge in [0, 0.05) is 29.9 Å². The highest BCUT2D eigenvalue weighted by molar-refractivity contribution is 6.07. The van der Waals surface area contributed by atoms with Crippen LogP contribution in [-0.4, -0.2) is 17.9 Å². The Morgan fingerprint density at radius 2 is 1.65 bits per heavy atom. The monoisotopic (exact) mass is 312 g/mol. The van der Waals surface area contributed by atoms with Gasteiger partial charge in [0.05, 0.1) is 0 Å². The molecule has 3 rings (SSSR count). The minimum atomic E-state index is -0.362. The van der Waals surface area contributed by atoms with Crippen LogP contribution < -0.4 is 10.2 Å². The third kappa shape index (κ3) is 3.56. The molecule has 4 nitrogen and oxygen atoms in total. The van der Waals surface area contributed by atoms with E-state index in [-0.39, 0.29) is 23.7 Å². The first kappa shape index (κ1) is 15.2. The maximum Gasteiger partial charge on any atom is 0.258 e. The molecule has 2 amide bonds. The standard InChI is InChI=1S/C18H17FN2O2/c1-12(22)20-15-6-8-16(9-7-15)21(17-10-11-17)18(23)13-2-4-14(19)5-3-13/h2-9,17H,10-11H2,1H3,(H,20,22). The first-order valence-electron chi connectivity index (χ1n) is 7.51. The van der Waals surface area contributed by atoms with Gasteiger partial charge in [-0.25, -0.2) is 4.39 Å². The van der Waals surface area contributed by atoms with Crippen molar-refractivity contribution in [1.29, 1.82) is 0 Å². The van der Waals surface area contributed by atoms with E-state index in [1.807, 2.05) is 12.1 Å². The lowest BCUT2D eigenvalue weighted by atomic mass is 10.1. The van der Waals surface area contributed by atoms with Gasteiger partial charge in [-0.05, 0) is 61.4 Å². The van der Waals surface area contributed by atoms with Crippen molar-refractivity contribution in [3.8, 4) is 0 Å². The smallest absolute Gasteiger partial charge is 0.258 e. The van der Waals surface area contributed by atoms with Gasteiger partial charge in [-0.3, -0.25) is 9.59 Å². The molecule has 0 bridgehead atoms. The first-order chi connectivity index (χ1) is 11.0. The van der Waals surface area contributed by atoms with Crippen molar-refractivity contribution in [3.63, 3.8) is 0 Å². The zero-order chi connectivity index (χ0) is 16.4. The van der Waals surface area contributed by atoms with Crippen LogP contribution in [0.15, 0.2) is 48.5 Å². The van der Waals surface area contributed by atoms with E-state index in [9.17, 15) is 14.0 Å². The number of halogens is 1. The van der Waals surface area contributed by atoms with E-state index < -0.39 is 0 Å². The SMILES string of the molecule is CC(=O)Nc1ccc(N(C(=O)c2ccc(F)cc2)C2CC2)cc1. The van der Waals surface area contributed by atoms with Gasteiger partial charge in [-0.2, -0.15) is 0 Å². The average Bonchev–Trinajstić information content (AvgIpc) is 3.34. The van der Waals surface area contributed by atoms with Crippen molar-refractivity contribution in [2.45, 2.75) is 25.8 Å². The molecule has 5 heteroatoms. The van der Waals surface area contributed by atoms with Crippen LogP contribution in [0, 0.1) is 5.82 Å². The fraction of sp³-hybridized carbons (Fsp3) is 0.222. The molecule has 1 N–H and O–H groups in total. The highest BCUT2D eigenvalue weighted by Crippen LogP contribution is 2.33. The molecule has 0 saturated heterocycles. The summed E-state index contributed by atoms with van der Waals surface area (Å²) in [6, 6.07) is 12.9. The van der Waals surface area contributed by atoms with Crippen molar-refractivity contribution >= 4 is 23.2 Å². The van der Waals surface area contributed by atoms with Gasteiger partial charge < -0.3 is 10.2 Å². The zero-order valence-corrected chi connectivity index (χ0v) is 12.8. The predicted molar refractivity (Wildman–Crippen MR) is 87.0 cm³/mol. The number of nitrogens with zero attached hydrogens (tertiary/aromatic N) is 1. The summed E-state index contributed by atoms with van der Waals surface area (Å²) in [4.78, 5) is 25.5. The van der Waals surface area contributed by atoms with Crippen LogP contribution in [-0.2, 0) is 4.79 Å². The number of hydrogen-bond acceptors (Lipinski definition) is 2. The molecule has 2 aromatic carbocycles. The Morgan fingerprint density at radius 1 is 1.04 bits per heavy atom. The number of benzene rings is 2. The Labute approximate surface area is 133 Å². The van der Waals surface area contributed by atoms with Gasteiger partial charge in [0.25, 0.3) is 5.91 Å². The van der Waals surface area contributed by atoms with E-state index >= 15 is 0 Å². The number of carbonyl (C=O) groups excluding carboxylic acids is 2. The van der Waals surface area contributed by atoms with E-state index in [4.69, 9.17) is 0 Å². The fourth-order valence-corrected chi connectivity index (χ4v) is 2.47. The van der Waals surface area contributed by atoms with Gasteiger partial charge in [0.2, 0.25) is 5.91 Å². The van der Waals surface area contributed by atoms with Crippen molar-refractivity contribution < 1.29 is 14.0 Å². The lowest BCUT2D eigenvalue weighted by molar-refractivity contribution is -0.114. The molecule has 2 aromatic rings. The maximum atomic E-state index is 13.0. The molecule has 0 atom stereocenters. The van der Waals surface area contributed by atoms with E-state index in [2.05, 4.69) is 5.32 Å². The number of carbonyl (C=O) groups is 2. The molecule has 0 spiro atoms. The summed E-state index contributed by atoms with van der Waals surface area (Å²) in [5.41, 5.74) is 1.92. The summed E-state index contributed by atoms with van der Waals surface area (Å²) < 4.78 is 13.0. The van der Waals surface area contributed by atoms with E-state index in [1.165, 1.54) is 31.2 Å². The summed E-state index contributed by atoms with van der Waals surface area (Å²) in [6.07, 6.45) is 1.92. The van der Waals surface area contributed by atoms with Crippen molar-refractivity contribution in [2.24, 2.45) is 0 Å². The molecule has 1 aliphatic carbocycles. The Hall–Kier alpha value is -2.69. The lowest BCUT2D eigenvalue weighted by Crippen LogP contribution is -2.33. The quantitative estimate of drug-likeness (QED) is 0.938. The largest absolute Gasteiger partial charge is 0.326 e. The van der Waals surface area contributed by atoms with Gasteiger partial charge in [-0.15, -0.1) is 0 Å². The molecule has 0 heterocycles. The first-order valence-corrected chi connectivity index (χ1v) is 7.51. The van der Waals surface area contributed by atoms with Crippen molar-refractivity contribution in [3.05, 3.63) is 59.9 Å². The van der Waals surface area contributed by atoms with Crippen molar-refractivity contribution in [2.75, 3.05) is 10.2 Å². The Kier molecular flexibility index (Phi) is 4.10. The fourth-order valence-electron chi connectivity index (χ4n) is 2.47. The molecular formula is C18H17FN2O2. The summed E-state index contributed by atoms with van der Waals surface area (Å²) in [5, 5.41) is 2.70. The van der Waals surface area contributed by atoms with Crippen molar-refractivity contribution in [1.82, 2.24) is 0 Å². The van der Waals surface area contributed by atoms with Crippen LogP contribution in [0.1, 0.15) is 30.1 Å². The summed E-state index contributed by atoms with van der Waals surface area (Å²) in [6.45, 7) is 1.45. The summed E-state index contributed by atoms with van der Waals surface area (Å²) in [5.74, 6) is -0.641. The topological polar surface area (TPSA) is 49.4 Å². The Bertz CT molecular complexity index is 722. The summed E-state index contributed by atoms with van der Waals surface area (Å²) >= 11 is 0. The minimum absolute atomic E-state index is 0.139. The Morgan fingerprint density at radius 3 is 2.17 bits per heavy atom. The number of hydrogen-bond donors (Lipinski definition) is 1. The number of amides is 2. The third-order valence-electron chi connectivity index (χ3n) is 3.69. The highest BCUT2D eigenvalue weighted by atomic mass is 19.1. The molecule has 1 saturated carbocycles. The van der Waals surface area contributed by atoms with Crippen LogP contribution in [0.4, 0.5) is 15.8 Å². The lowest BCUT2D eigenvalue weighted by Gasteiger charge is -2.23. The predicted octanol–water partition coefficient (Wildman–Crippen LogP) is 3.59. The van der Waals surface area contributed by atoms with E-state index in [0.29, 0.717) is 11.3 Å². The van der Waals surface area contributed by atoms with Crippen LogP contribution in [0.3, 0.4) is 0 Å². The molecule has 0 unspecified atom stereocenters. The molecule has 23 heavy (non-hydrogen) atoms. The van der Waals surface area contributed by atoms with Crippen LogP contribution in [0.25, 0.3) is 0 Å². The number of nitrogens with one attached hydrogen (secondary N) is 1. The average molecular weight is 312 g/mol. The second-order valence-electron chi connectivity index (χ2n) is 5.64. The molecule has 118 valence electrons. The zero-order valence-electron chi connectivity index (χ0n) is 12.8. The molecule has 0 radical (unpaired) electrons. The third-order valence-corrected chi connectivity index (χ3v) is 3.69. The number of rotatable bonds is 4. The second-order valence-corrected chi connectivity index (χ2v) is 5.64. The van der Waals surface area contributed by atoms with Gasteiger partial charge in [-0.1, -0.05) is 0 Å². The molecule has 0 aromatic heterocycles. The molecule has 1 aliphatic rings. The second kappa shape index (κ2) is 6.20. The normalized spacial score (nSPS) is 13.5. The van der Waals surface area contributed by atoms with Gasteiger partial charge in [0.15, 0.2) is 0 Å². The van der Waals surface area contributed by atoms with Crippen LogP contribution in [0.2, 0.25) is 0 Å². The summed E-state index contributed by atoms with van der Waals surface area (Å²) in [7, 11) is 0. The van der Waals surface area contributed by atoms with Crippen LogP contribution in [0.5, 0.6) is 0 Å². The molecule has 1 fully saturated rings. The molecular weight excluding hydrogens is 295 g/mol. The molecule has 0 aliphatic heterocycles. The highest BCUT2D eigenvalue weighted by Gasteiger charge is 2.34. The van der Waals surface area contributed by atoms with Gasteiger partial charge >= 0.3 is 0 Å².